The summed E-state index contributed by atoms with van der Waals surface area (Å²) in [6, 6.07) is 18.3. The zero-order valence-corrected chi connectivity index (χ0v) is 14.7. The lowest BCUT2D eigenvalue weighted by Gasteiger charge is -2.23. The van der Waals surface area contributed by atoms with Gasteiger partial charge in [-0.1, -0.05) is 48.0 Å². The Hall–Kier alpha value is -2.20. The molecular formula is C19H23N3S. The molecule has 4 heteroatoms. The van der Waals surface area contributed by atoms with Gasteiger partial charge < -0.3 is 10.2 Å². The van der Waals surface area contributed by atoms with E-state index >= 15 is 0 Å². The van der Waals surface area contributed by atoms with Gasteiger partial charge >= 0.3 is 0 Å². The lowest BCUT2D eigenvalue weighted by atomic mass is 10.2. The number of amidine groups is 1. The van der Waals surface area contributed by atoms with Crippen molar-refractivity contribution in [2.24, 2.45) is 4.99 Å². The molecule has 0 saturated carbocycles. The number of benzene rings is 2. The minimum absolute atomic E-state index is 0.472. The molecule has 120 valence electrons. The van der Waals surface area contributed by atoms with E-state index in [9.17, 15) is 0 Å². The number of aryl methyl sites for hydroxylation is 1. The molecule has 2 aromatic carbocycles. The maximum atomic E-state index is 5.43. The molecule has 0 aliphatic carbocycles. The zero-order chi connectivity index (χ0) is 16.7. The summed E-state index contributed by atoms with van der Waals surface area (Å²) in [4.78, 5) is 6.88. The van der Waals surface area contributed by atoms with E-state index in [-0.39, 0.29) is 0 Å². The summed E-state index contributed by atoms with van der Waals surface area (Å²) < 4.78 is 0. The van der Waals surface area contributed by atoms with Crippen LogP contribution in [-0.4, -0.2) is 28.9 Å². The van der Waals surface area contributed by atoms with Gasteiger partial charge in [-0.2, -0.15) is 0 Å². The smallest absolute Gasteiger partial charge is 0.199 e. The van der Waals surface area contributed by atoms with Gasteiger partial charge in [-0.05, 0) is 45.1 Å². The predicted molar refractivity (Wildman–Crippen MR) is 103 cm³/mol. The molecule has 0 aliphatic rings. The van der Waals surface area contributed by atoms with Crippen LogP contribution in [0.3, 0.4) is 0 Å². The Kier molecular flexibility index (Phi) is 6.29. The van der Waals surface area contributed by atoms with Crippen molar-refractivity contribution in [3.05, 3.63) is 65.7 Å². The summed E-state index contributed by atoms with van der Waals surface area (Å²) in [5.41, 5.74) is 3.25. The first-order chi connectivity index (χ1) is 11.1. The van der Waals surface area contributed by atoms with Crippen LogP contribution in [0.2, 0.25) is 0 Å². The first-order valence-corrected chi connectivity index (χ1v) is 8.31. The summed E-state index contributed by atoms with van der Waals surface area (Å²) in [5.74, 6) is 0.903. The van der Waals surface area contributed by atoms with Gasteiger partial charge in [0.1, 0.15) is 5.84 Å². The van der Waals surface area contributed by atoms with E-state index in [0.717, 1.165) is 30.2 Å². The van der Waals surface area contributed by atoms with E-state index in [0.29, 0.717) is 5.11 Å². The molecule has 23 heavy (non-hydrogen) atoms. The van der Waals surface area contributed by atoms with Gasteiger partial charge in [-0.15, -0.1) is 0 Å². The van der Waals surface area contributed by atoms with Crippen LogP contribution in [0.25, 0.3) is 0 Å². The third kappa shape index (κ3) is 4.89. The van der Waals surface area contributed by atoms with E-state index in [1.165, 1.54) is 5.56 Å². The summed E-state index contributed by atoms with van der Waals surface area (Å²) in [6.07, 6.45) is 0. The molecular weight excluding hydrogens is 302 g/mol. The van der Waals surface area contributed by atoms with Gasteiger partial charge in [0.2, 0.25) is 0 Å². The Morgan fingerprint density at radius 1 is 1.00 bits per heavy atom. The molecule has 2 aromatic rings. The number of anilines is 1. The third-order valence-electron chi connectivity index (χ3n) is 3.61. The van der Waals surface area contributed by atoms with Gasteiger partial charge in [-0.25, -0.2) is 4.99 Å². The van der Waals surface area contributed by atoms with Crippen molar-refractivity contribution in [3.63, 3.8) is 0 Å². The highest BCUT2D eigenvalue weighted by atomic mass is 32.1. The quantitative estimate of drug-likeness (QED) is 0.510. The van der Waals surface area contributed by atoms with Crippen molar-refractivity contribution in [1.29, 1.82) is 0 Å². The largest absolute Gasteiger partial charge is 0.357 e. The van der Waals surface area contributed by atoms with E-state index in [1.807, 2.05) is 30.3 Å². The van der Waals surface area contributed by atoms with Crippen LogP contribution in [0.5, 0.6) is 0 Å². The van der Waals surface area contributed by atoms with Crippen molar-refractivity contribution in [2.75, 3.05) is 18.4 Å². The Bertz CT molecular complexity index is 659. The maximum Gasteiger partial charge on any atom is 0.199 e. The van der Waals surface area contributed by atoms with Crippen LogP contribution in [-0.2, 0) is 0 Å². The Morgan fingerprint density at radius 3 is 2.17 bits per heavy atom. The minimum Gasteiger partial charge on any atom is -0.357 e. The summed E-state index contributed by atoms with van der Waals surface area (Å²) in [5, 5.41) is 3.66. The van der Waals surface area contributed by atoms with Gasteiger partial charge in [0, 0.05) is 24.3 Å². The normalized spacial score (nSPS) is 11.2. The molecule has 2 rings (SSSR count). The molecule has 0 radical (unpaired) electrons. The van der Waals surface area contributed by atoms with Gasteiger partial charge in [0.05, 0.1) is 0 Å². The molecule has 0 amide bonds. The molecule has 0 atom stereocenters. The second kappa shape index (κ2) is 8.44. The number of hydrogen-bond acceptors (Lipinski definition) is 1. The highest BCUT2D eigenvalue weighted by Crippen LogP contribution is 2.11. The fourth-order valence-corrected chi connectivity index (χ4v) is 2.52. The average molecular weight is 325 g/mol. The second-order valence-electron chi connectivity index (χ2n) is 5.27. The minimum atomic E-state index is 0.472. The van der Waals surface area contributed by atoms with E-state index in [1.54, 1.807) is 0 Å². The first-order valence-electron chi connectivity index (χ1n) is 7.90. The molecule has 0 fully saturated rings. The molecule has 0 bridgehead atoms. The molecule has 0 heterocycles. The van der Waals surface area contributed by atoms with Crippen LogP contribution in [0, 0.1) is 6.92 Å². The average Bonchev–Trinajstić information content (AvgIpc) is 2.58. The Balaban J connectivity index is 2.25. The molecule has 0 unspecified atom stereocenters. The topological polar surface area (TPSA) is 27.6 Å². The van der Waals surface area contributed by atoms with Crippen LogP contribution in [0.1, 0.15) is 25.0 Å². The number of rotatable bonds is 4. The fraction of sp³-hybridized carbons (Fsp3) is 0.263. The second-order valence-corrected chi connectivity index (χ2v) is 5.66. The van der Waals surface area contributed by atoms with Crippen molar-refractivity contribution in [2.45, 2.75) is 20.8 Å². The lowest BCUT2D eigenvalue weighted by Crippen LogP contribution is -2.32. The lowest BCUT2D eigenvalue weighted by molar-refractivity contribution is 0.467. The first kappa shape index (κ1) is 17.2. The highest BCUT2D eigenvalue weighted by molar-refractivity contribution is 7.80. The molecule has 3 nitrogen and oxygen atoms in total. The Morgan fingerprint density at radius 2 is 1.61 bits per heavy atom. The molecule has 0 spiro atoms. The third-order valence-corrected chi connectivity index (χ3v) is 3.80. The van der Waals surface area contributed by atoms with E-state index in [2.05, 4.69) is 60.2 Å². The van der Waals surface area contributed by atoms with Crippen LogP contribution >= 0.6 is 12.2 Å². The maximum absolute atomic E-state index is 5.43. The Labute approximate surface area is 144 Å². The van der Waals surface area contributed by atoms with Crippen molar-refractivity contribution in [3.8, 4) is 0 Å². The molecule has 0 saturated heterocycles. The monoisotopic (exact) mass is 325 g/mol. The van der Waals surface area contributed by atoms with Gasteiger partial charge in [0.15, 0.2) is 5.11 Å². The highest BCUT2D eigenvalue weighted by Gasteiger charge is 2.11. The van der Waals surface area contributed by atoms with E-state index in [4.69, 9.17) is 12.2 Å². The van der Waals surface area contributed by atoms with Gasteiger partial charge in [-0.3, -0.25) is 0 Å². The number of thiocarbonyl (C=S) groups is 1. The zero-order valence-electron chi connectivity index (χ0n) is 13.9. The standard InChI is InChI=1S/C19H23N3S/c1-4-22(5-2)18(16-9-7-6-8-10-16)21-19(23)20-17-13-11-15(3)12-14-17/h6-14H,4-5H2,1-3H3,(H,20,23). The van der Waals surface area contributed by atoms with Gasteiger partial charge in [0.25, 0.3) is 0 Å². The van der Waals surface area contributed by atoms with Crippen LogP contribution in [0.15, 0.2) is 59.6 Å². The SMILES string of the molecule is CCN(CC)C(=NC(=S)Nc1ccc(C)cc1)c1ccccc1. The molecule has 1 N–H and O–H groups in total. The number of nitrogens with zero attached hydrogens (tertiary/aromatic N) is 2. The van der Waals surface area contributed by atoms with Crippen LogP contribution in [0.4, 0.5) is 5.69 Å². The van der Waals surface area contributed by atoms with E-state index < -0.39 is 0 Å². The van der Waals surface area contributed by atoms with Crippen molar-refractivity contribution >= 4 is 28.9 Å². The van der Waals surface area contributed by atoms with Crippen LogP contribution < -0.4 is 5.32 Å². The molecule has 0 aliphatic heterocycles. The fourth-order valence-electron chi connectivity index (χ4n) is 2.31. The predicted octanol–water partition coefficient (Wildman–Crippen LogP) is 4.48. The number of aliphatic imine (C=N–C) groups is 1. The van der Waals surface area contributed by atoms with Crippen molar-refractivity contribution in [1.82, 2.24) is 4.90 Å². The summed E-state index contributed by atoms with van der Waals surface area (Å²) in [6.45, 7) is 8.08. The van der Waals surface area contributed by atoms with Crippen molar-refractivity contribution < 1.29 is 0 Å². The number of hydrogen-bond donors (Lipinski definition) is 1. The summed E-state index contributed by atoms with van der Waals surface area (Å²) in [7, 11) is 0. The number of nitrogens with one attached hydrogen (secondary N) is 1. The summed E-state index contributed by atoms with van der Waals surface area (Å²) >= 11 is 5.43. The molecule has 0 aromatic heterocycles.